The van der Waals surface area contributed by atoms with Gasteiger partial charge in [0.15, 0.2) is 15.0 Å². The van der Waals surface area contributed by atoms with Crippen LogP contribution in [0, 0.1) is 11.8 Å². The number of rotatable bonds is 3. The van der Waals surface area contributed by atoms with Crippen LogP contribution in [0.2, 0.25) is 0 Å². The van der Waals surface area contributed by atoms with Crippen LogP contribution in [0.25, 0.3) is 0 Å². The summed E-state index contributed by atoms with van der Waals surface area (Å²) >= 11 is 1.41. The van der Waals surface area contributed by atoms with Gasteiger partial charge < -0.3 is 15.0 Å². The van der Waals surface area contributed by atoms with Crippen molar-refractivity contribution < 1.29 is 22.7 Å². The minimum absolute atomic E-state index is 0.0653. The third-order valence-electron chi connectivity index (χ3n) is 6.17. The number of sulfone groups is 1. The molecule has 2 bridgehead atoms. The molecule has 2 saturated carbocycles. The smallest absolute Gasteiger partial charge is 0.408 e. The number of carbonyl (C=O) groups is 2. The molecule has 10 heteroatoms. The van der Waals surface area contributed by atoms with Gasteiger partial charge in [-0.25, -0.2) is 13.2 Å². The highest BCUT2D eigenvalue weighted by Crippen LogP contribution is 2.51. The summed E-state index contributed by atoms with van der Waals surface area (Å²) in [7, 11) is -3.05. The molecule has 2 amide bonds. The molecular formula is C19H29N3O5S2. The molecule has 29 heavy (non-hydrogen) atoms. The van der Waals surface area contributed by atoms with Gasteiger partial charge in [-0.3, -0.25) is 4.79 Å². The lowest BCUT2D eigenvalue weighted by molar-refractivity contribution is -0.117. The van der Waals surface area contributed by atoms with Gasteiger partial charge in [-0.15, -0.1) is 0 Å². The van der Waals surface area contributed by atoms with Crippen LogP contribution in [0.3, 0.4) is 0 Å². The number of carbonyl (C=O) groups excluding carboxylic acids is 2. The van der Waals surface area contributed by atoms with Crippen molar-refractivity contribution in [2.24, 2.45) is 16.8 Å². The molecule has 0 aromatic carbocycles. The second-order valence-corrected chi connectivity index (χ2v) is 13.0. The number of amides is 2. The summed E-state index contributed by atoms with van der Waals surface area (Å²) in [6.45, 7) is 5.02. The molecule has 2 aliphatic heterocycles. The van der Waals surface area contributed by atoms with Gasteiger partial charge in [0.1, 0.15) is 12.1 Å². The first-order valence-corrected chi connectivity index (χ1v) is 12.9. The minimum atomic E-state index is -3.05. The zero-order chi connectivity index (χ0) is 21.0. The zero-order valence-electron chi connectivity index (χ0n) is 17.1. The highest BCUT2D eigenvalue weighted by Gasteiger charge is 2.54. The van der Waals surface area contributed by atoms with Crippen LogP contribution in [0.15, 0.2) is 4.99 Å². The Bertz CT molecular complexity index is 835. The summed E-state index contributed by atoms with van der Waals surface area (Å²) < 4.78 is 29.5. The number of aliphatic imine (C=N–C) groups is 1. The van der Waals surface area contributed by atoms with Crippen LogP contribution in [-0.4, -0.2) is 71.5 Å². The molecule has 0 unspecified atom stereocenters. The van der Waals surface area contributed by atoms with Crippen LogP contribution >= 0.6 is 11.8 Å². The number of alkyl carbamates (subject to hydrolysis) is 1. The van der Waals surface area contributed by atoms with Crippen LogP contribution in [0.4, 0.5) is 4.79 Å². The van der Waals surface area contributed by atoms with Gasteiger partial charge in [-0.1, -0.05) is 18.2 Å². The Labute approximate surface area is 176 Å². The first kappa shape index (κ1) is 21.0. The quantitative estimate of drug-likeness (QED) is 0.709. The molecule has 162 valence electrons. The highest BCUT2D eigenvalue weighted by molar-refractivity contribution is 8.15. The topological polar surface area (TPSA) is 105 Å². The van der Waals surface area contributed by atoms with Crippen LogP contribution in [0.1, 0.15) is 46.5 Å². The summed E-state index contributed by atoms with van der Waals surface area (Å²) in [5.41, 5.74) is -0.637. The van der Waals surface area contributed by atoms with Crippen molar-refractivity contribution in [1.29, 1.82) is 0 Å². The Balaban J connectivity index is 1.46. The fourth-order valence-corrected chi connectivity index (χ4v) is 9.13. The van der Waals surface area contributed by atoms with Crippen molar-refractivity contribution in [2.45, 2.75) is 69.4 Å². The molecule has 2 heterocycles. The predicted octanol–water partition coefficient (Wildman–Crippen LogP) is 1.80. The molecule has 1 N–H and O–H groups in total. The number of nitrogens with one attached hydrogen (secondary N) is 1. The third-order valence-corrected chi connectivity index (χ3v) is 9.39. The number of hydrogen-bond donors (Lipinski definition) is 1. The van der Waals surface area contributed by atoms with E-state index in [0.717, 1.165) is 6.42 Å². The largest absolute Gasteiger partial charge is 0.444 e. The van der Waals surface area contributed by atoms with E-state index in [1.54, 1.807) is 20.8 Å². The molecule has 0 aromatic rings. The van der Waals surface area contributed by atoms with Crippen molar-refractivity contribution in [2.75, 3.05) is 18.1 Å². The summed E-state index contributed by atoms with van der Waals surface area (Å²) in [6.07, 6.45) is 4.01. The van der Waals surface area contributed by atoms with E-state index in [0.29, 0.717) is 17.0 Å². The van der Waals surface area contributed by atoms with E-state index in [9.17, 15) is 18.0 Å². The summed E-state index contributed by atoms with van der Waals surface area (Å²) in [5.74, 6) is 1.10. The van der Waals surface area contributed by atoms with Gasteiger partial charge in [0.25, 0.3) is 5.91 Å². The van der Waals surface area contributed by atoms with Gasteiger partial charge >= 0.3 is 6.09 Å². The fourth-order valence-electron chi connectivity index (χ4n) is 5.14. The van der Waals surface area contributed by atoms with E-state index < -0.39 is 27.4 Å². The summed E-state index contributed by atoms with van der Waals surface area (Å²) in [6, 6.07) is 0.176. The molecule has 0 spiro atoms. The molecule has 5 atom stereocenters. The molecule has 8 nitrogen and oxygen atoms in total. The monoisotopic (exact) mass is 443 g/mol. The van der Waals surface area contributed by atoms with E-state index in [-0.39, 0.29) is 35.4 Å². The van der Waals surface area contributed by atoms with Gasteiger partial charge in [-0.05, 0) is 51.9 Å². The Morgan fingerprint density at radius 2 is 1.97 bits per heavy atom. The van der Waals surface area contributed by atoms with Crippen LogP contribution in [-0.2, 0) is 19.4 Å². The van der Waals surface area contributed by atoms with E-state index >= 15 is 0 Å². The van der Waals surface area contributed by atoms with Crippen LogP contribution < -0.4 is 5.32 Å². The number of ether oxygens (including phenoxy) is 1. The maximum atomic E-state index is 12.4. The standard InChI is InChI=1S/C19H29N3O5S2/c1-19(2,3)27-18(24)20-8-16(23)21-17-22(13-7-11-4-5-12(13)6-11)14-9-29(25,26)10-15(14)28-17/h11-15H,4-10H2,1-3H3,(H,20,24)/t11-,12-,13-,14+,15-/m1/s1. The minimum Gasteiger partial charge on any atom is -0.444 e. The second-order valence-electron chi connectivity index (χ2n) is 9.59. The third kappa shape index (κ3) is 4.57. The average Bonchev–Trinajstić information content (AvgIpc) is 3.30. The lowest BCUT2D eigenvalue weighted by atomic mass is 9.93. The zero-order valence-corrected chi connectivity index (χ0v) is 18.7. The number of thioether (sulfide) groups is 1. The van der Waals surface area contributed by atoms with Gasteiger partial charge in [-0.2, -0.15) is 4.99 Å². The molecule has 4 fully saturated rings. The summed E-state index contributed by atoms with van der Waals surface area (Å²) in [4.78, 5) is 30.6. The Hall–Kier alpha value is -1.29. The molecule has 2 aliphatic carbocycles. The van der Waals surface area contributed by atoms with Crippen molar-refractivity contribution in [3.8, 4) is 0 Å². The molecule has 2 saturated heterocycles. The number of fused-ring (bicyclic) bond motifs is 3. The molecule has 4 rings (SSSR count). The first-order chi connectivity index (χ1) is 13.5. The number of nitrogens with zero attached hydrogens (tertiary/aromatic N) is 2. The Morgan fingerprint density at radius 3 is 2.59 bits per heavy atom. The maximum Gasteiger partial charge on any atom is 0.408 e. The predicted molar refractivity (Wildman–Crippen MR) is 112 cm³/mol. The molecule has 0 aromatic heterocycles. The van der Waals surface area contributed by atoms with E-state index in [1.165, 1.54) is 31.0 Å². The molecule has 4 aliphatic rings. The van der Waals surface area contributed by atoms with E-state index in [1.807, 2.05) is 0 Å². The second kappa shape index (κ2) is 7.44. The van der Waals surface area contributed by atoms with Gasteiger partial charge in [0, 0.05) is 11.3 Å². The van der Waals surface area contributed by atoms with E-state index in [2.05, 4.69) is 15.2 Å². The average molecular weight is 444 g/mol. The number of hydrogen-bond acceptors (Lipinski definition) is 6. The van der Waals surface area contributed by atoms with Crippen molar-refractivity contribution in [1.82, 2.24) is 10.2 Å². The van der Waals surface area contributed by atoms with Gasteiger partial charge in [0.2, 0.25) is 0 Å². The van der Waals surface area contributed by atoms with E-state index in [4.69, 9.17) is 4.74 Å². The van der Waals surface area contributed by atoms with Gasteiger partial charge in [0.05, 0.1) is 17.5 Å². The highest BCUT2D eigenvalue weighted by atomic mass is 32.2. The summed E-state index contributed by atoms with van der Waals surface area (Å²) in [5, 5.41) is 3.01. The van der Waals surface area contributed by atoms with Crippen molar-refractivity contribution in [3.05, 3.63) is 0 Å². The molecule has 0 radical (unpaired) electrons. The van der Waals surface area contributed by atoms with Crippen molar-refractivity contribution in [3.63, 3.8) is 0 Å². The fraction of sp³-hybridized carbons (Fsp3) is 0.842. The Morgan fingerprint density at radius 1 is 1.21 bits per heavy atom. The van der Waals surface area contributed by atoms with Crippen molar-refractivity contribution >= 4 is 38.8 Å². The van der Waals surface area contributed by atoms with Crippen LogP contribution in [0.5, 0.6) is 0 Å². The maximum absolute atomic E-state index is 12.4. The normalized spacial score (nSPS) is 36.4. The first-order valence-electron chi connectivity index (χ1n) is 10.2. The lowest BCUT2D eigenvalue weighted by Crippen LogP contribution is -2.47. The molecular weight excluding hydrogens is 414 g/mol. The SMILES string of the molecule is CC(C)(C)OC(=O)NCC(=O)N=C1S[C@@H]2CS(=O)(=O)C[C@@H]2N1[C@@H]1C[C@@H]2CC[C@@H]1C2. The Kier molecular flexibility index (Phi) is 5.38. The lowest BCUT2D eigenvalue weighted by Gasteiger charge is -2.36. The number of amidine groups is 1.